The Morgan fingerprint density at radius 1 is 0.208 bits per heavy atom. The molecule has 4 atom stereocenters. The number of nitrogens with one attached hydrogen (secondary N) is 2. The first-order chi connectivity index (χ1) is 59.6. The van der Waals surface area contributed by atoms with Crippen LogP contribution in [-0.2, 0) is 114 Å². The van der Waals surface area contributed by atoms with Crippen LogP contribution in [0.4, 0.5) is 0 Å². The van der Waals surface area contributed by atoms with Crippen LogP contribution in [0.1, 0.15) is 0 Å². The van der Waals surface area contributed by atoms with Gasteiger partial charge in [0.25, 0.3) is 0 Å². The molecule has 36 heteroatoms. The number of hydrogen-bond donors (Lipinski definition) is 2. The molecule has 6 aliphatic heterocycles. The summed E-state index contributed by atoms with van der Waals surface area (Å²) in [5.41, 5.74) is 4.21. The van der Waals surface area contributed by atoms with E-state index in [-0.39, 0.29) is 66.1 Å². The molecule has 3 aromatic heterocycles. The molecule has 9 heterocycles. The summed E-state index contributed by atoms with van der Waals surface area (Å²) in [5.74, 6) is 3.36. The lowest BCUT2D eigenvalue weighted by Gasteiger charge is -2.19. The van der Waals surface area contributed by atoms with E-state index in [0.717, 1.165) is 0 Å². The van der Waals surface area contributed by atoms with Crippen LogP contribution in [0.2, 0.25) is 0 Å². The zero-order valence-corrected chi connectivity index (χ0v) is 68.3. The maximum absolute atomic E-state index is 6.64. The van der Waals surface area contributed by atoms with E-state index in [1.165, 1.54) is 0 Å². The molecule has 0 radical (unpaired) electrons. The molecular formula is C84H114N8O28. The van der Waals surface area contributed by atoms with E-state index in [2.05, 4.69) is 9.97 Å². The van der Waals surface area contributed by atoms with Gasteiger partial charge in [0.2, 0.25) is 0 Å². The first-order valence-corrected chi connectivity index (χ1v) is 41.5. The van der Waals surface area contributed by atoms with Gasteiger partial charge in [0.05, 0.1) is 291 Å². The molecular weight excluding hydrogens is 1570 g/mol. The van der Waals surface area contributed by atoms with Gasteiger partial charge in [-0.3, -0.25) is 0 Å². The molecule has 7 aromatic rings. The Bertz CT molecular complexity index is 3940. The molecule has 4 saturated heterocycles. The average Bonchev–Trinajstić information content (AvgIpc) is 1.60. The van der Waals surface area contributed by atoms with E-state index in [9.17, 15) is 0 Å². The van der Waals surface area contributed by atoms with Crippen LogP contribution in [0.15, 0.2) is 72.8 Å². The third-order valence-corrected chi connectivity index (χ3v) is 19.0. The highest BCUT2D eigenvalue weighted by molar-refractivity contribution is 6.07. The summed E-state index contributed by atoms with van der Waals surface area (Å²) in [6.07, 6.45) is -1.95. The number of aromatic amines is 2. The minimum Gasteiger partial charge on any atom is -0.491 e. The second-order valence-electron chi connectivity index (χ2n) is 27.8. The van der Waals surface area contributed by atoms with Gasteiger partial charge >= 0.3 is 0 Å². The number of rotatable bonds is 12. The Balaban J connectivity index is 0.870. The van der Waals surface area contributed by atoms with E-state index in [0.29, 0.717) is 364 Å². The quantitative estimate of drug-likeness (QED) is 0.135. The van der Waals surface area contributed by atoms with E-state index in [4.69, 9.17) is 163 Å². The van der Waals surface area contributed by atoms with Crippen molar-refractivity contribution in [3.8, 4) is 68.5 Å². The smallest absolute Gasteiger partial charge is 0.164 e. The zero-order chi connectivity index (χ0) is 81.7. The second-order valence-corrected chi connectivity index (χ2v) is 27.8. The molecule has 0 saturated carbocycles. The lowest BCUT2D eigenvalue weighted by molar-refractivity contribution is -0.0711. The maximum atomic E-state index is 6.64. The number of nitrogens with zero attached hydrogens (tertiary/aromatic N) is 6. The van der Waals surface area contributed by atoms with Crippen molar-refractivity contribution in [2.75, 3.05) is 317 Å². The predicted molar refractivity (Wildman–Crippen MR) is 433 cm³/mol. The molecule has 0 amide bonds. The van der Waals surface area contributed by atoms with Gasteiger partial charge in [-0.1, -0.05) is 0 Å². The van der Waals surface area contributed by atoms with Crippen molar-refractivity contribution in [3.63, 3.8) is 0 Å². The first kappa shape index (κ1) is 90.2. The highest BCUT2D eigenvalue weighted by Gasteiger charge is 2.27. The monoisotopic (exact) mass is 1680 g/mol. The van der Waals surface area contributed by atoms with Crippen LogP contribution in [-0.4, -0.2) is 381 Å². The highest BCUT2D eigenvalue weighted by atomic mass is 16.6. The molecule has 6 aliphatic rings. The van der Waals surface area contributed by atoms with Gasteiger partial charge in [-0.05, 0) is 72.8 Å². The third-order valence-electron chi connectivity index (χ3n) is 19.0. The lowest BCUT2D eigenvalue weighted by Crippen LogP contribution is -2.29. The number of fused-ring (bicyclic) bond motifs is 20. The molecule has 120 heavy (non-hydrogen) atoms. The Kier molecular flexibility index (Phi) is 39.7. The SMILES string of the molecule is c1cc2c(cc1OCC1COCCOCCOCCOCCOCCO1)-c1nc-2nc2[nH]c(nc3nc(nc4[nH]c(n1)c1ccc(OCC5COCCOCCOCCOCCOCCO5)cc41)-c1ccc(OCC4COCCOCCOCCOCCOCCO4)cc1-3)c1ccc(OCC3COCCOCCOCCOCCOCCO3)cc21. The Morgan fingerprint density at radius 3 is 0.658 bits per heavy atom. The van der Waals surface area contributed by atoms with Gasteiger partial charge in [-0.25, -0.2) is 29.9 Å². The molecule has 4 fully saturated rings. The van der Waals surface area contributed by atoms with Crippen molar-refractivity contribution in [1.29, 1.82) is 0 Å². The highest BCUT2D eigenvalue weighted by Crippen LogP contribution is 2.41. The molecule has 4 unspecified atom stereocenters. The summed E-state index contributed by atoms with van der Waals surface area (Å²) >= 11 is 0. The van der Waals surface area contributed by atoms with Crippen molar-refractivity contribution in [2.24, 2.45) is 0 Å². The molecule has 13 rings (SSSR count). The Hall–Kier alpha value is -7.52. The van der Waals surface area contributed by atoms with Gasteiger partial charge in [0.1, 0.15) is 96.4 Å². The van der Waals surface area contributed by atoms with E-state index in [1.807, 2.05) is 72.8 Å². The van der Waals surface area contributed by atoms with Crippen LogP contribution in [0.25, 0.3) is 89.7 Å². The van der Waals surface area contributed by atoms with Crippen molar-refractivity contribution >= 4 is 44.1 Å². The first-order valence-electron chi connectivity index (χ1n) is 41.5. The van der Waals surface area contributed by atoms with Gasteiger partial charge in [-0.15, -0.1) is 0 Å². The number of ether oxygens (including phenoxy) is 28. The molecule has 36 nitrogen and oxygen atoms in total. The number of aromatic nitrogens is 8. The summed E-state index contributed by atoms with van der Waals surface area (Å²) in [6.45, 7) is 17.3. The molecule has 658 valence electrons. The molecule has 0 aliphatic carbocycles. The fourth-order valence-corrected chi connectivity index (χ4v) is 12.9. The average molecular weight is 1680 g/mol. The van der Waals surface area contributed by atoms with Gasteiger partial charge in [-0.2, -0.15) is 0 Å². The van der Waals surface area contributed by atoms with Gasteiger partial charge in [0.15, 0.2) is 23.3 Å². The third kappa shape index (κ3) is 30.5. The maximum Gasteiger partial charge on any atom is 0.164 e. The van der Waals surface area contributed by atoms with Crippen LogP contribution in [0, 0.1) is 0 Å². The van der Waals surface area contributed by atoms with Gasteiger partial charge in [0, 0.05) is 43.8 Å². The van der Waals surface area contributed by atoms with E-state index >= 15 is 0 Å². The standard InChI is InChI=1S/C84H114N8O28/c1-5-69-73(49-61(1)117-57-65-53-109-37-33-101-21-17-93-9-13-97-25-29-105-41-45-113-65)81-85-77(69)89-82-74-50-62(118-58-66-54-110-38-34-102-22-18-94-10-14-98-26-30-106-42-46-114-66)2-6-70(74)79(86-82)91-84-76-52-64(120-60-68-56-112-40-36-104-24-20-96-12-16-100-28-32-108-44-48-116-68)4-8-72(76)80(88-84)92-83-75-51-63(3-7-71(75)78(87-83)90-81)119-59-67-55-111-39-35-103-23-19-95-11-15-99-27-31-107-43-47-115-67/h1-8,49-52,65-68H,9-48,53-60H2,(H2,85,86,87,88,89,90,91,92). The van der Waals surface area contributed by atoms with Crippen molar-refractivity contribution in [1.82, 2.24) is 39.9 Å². The summed E-state index contributed by atoms with van der Waals surface area (Å²) in [4.78, 5) is 39.4. The second kappa shape index (κ2) is 52.8. The molecule has 8 bridgehead atoms. The van der Waals surface area contributed by atoms with Gasteiger partial charge < -0.3 is 143 Å². The van der Waals surface area contributed by atoms with Crippen molar-refractivity contribution in [2.45, 2.75) is 24.4 Å². The normalized spacial score (nSPS) is 22.2. The van der Waals surface area contributed by atoms with E-state index in [1.54, 1.807) is 0 Å². The summed E-state index contributed by atoms with van der Waals surface area (Å²) in [5, 5.41) is 2.67. The fraction of sp³-hybridized carbons (Fsp3) is 0.619. The summed E-state index contributed by atoms with van der Waals surface area (Å²) in [7, 11) is 0. The number of benzene rings is 4. The summed E-state index contributed by atoms with van der Waals surface area (Å²) < 4.78 is 168. The Morgan fingerprint density at radius 2 is 0.408 bits per heavy atom. The largest absolute Gasteiger partial charge is 0.491 e. The summed E-state index contributed by atoms with van der Waals surface area (Å²) in [6, 6.07) is 22.8. The number of H-pyrrole nitrogens is 2. The van der Waals surface area contributed by atoms with Crippen LogP contribution in [0.5, 0.6) is 23.0 Å². The predicted octanol–water partition coefficient (Wildman–Crippen LogP) is 6.31. The van der Waals surface area contributed by atoms with Crippen LogP contribution >= 0.6 is 0 Å². The fourth-order valence-electron chi connectivity index (χ4n) is 12.9. The van der Waals surface area contributed by atoms with Crippen LogP contribution < -0.4 is 18.9 Å². The minimum absolute atomic E-state index is 0.125. The minimum atomic E-state index is -0.489. The van der Waals surface area contributed by atoms with Crippen molar-refractivity contribution in [3.05, 3.63) is 72.8 Å². The zero-order valence-electron chi connectivity index (χ0n) is 68.3. The Labute approximate surface area is 696 Å². The number of hydrogen-bond acceptors (Lipinski definition) is 34. The topological polar surface area (TPSA) is 367 Å². The lowest BCUT2D eigenvalue weighted by atomic mass is 10.1. The molecule has 2 N–H and O–H groups in total. The van der Waals surface area contributed by atoms with E-state index < -0.39 is 24.4 Å². The molecule has 0 spiro atoms. The van der Waals surface area contributed by atoms with Crippen LogP contribution in [0.3, 0.4) is 0 Å². The molecule has 4 aromatic carbocycles. The van der Waals surface area contributed by atoms with Crippen molar-refractivity contribution < 1.29 is 133 Å².